The highest BCUT2D eigenvalue weighted by Crippen LogP contribution is 2.34. The lowest BCUT2D eigenvalue weighted by atomic mass is 10.2. The van der Waals surface area contributed by atoms with Crippen LogP contribution >= 0.6 is 0 Å². The molecule has 94 valence electrons. The number of methoxy groups -OCH3 is 1. The Morgan fingerprint density at radius 2 is 1.67 bits per heavy atom. The van der Waals surface area contributed by atoms with E-state index in [1.807, 2.05) is 42.5 Å². The molecule has 0 fully saturated rings. The molecular formula is C15H17NO2. The van der Waals surface area contributed by atoms with Gasteiger partial charge in [-0.15, -0.1) is 0 Å². The predicted octanol–water partition coefficient (Wildman–Crippen LogP) is 3.63. The summed E-state index contributed by atoms with van der Waals surface area (Å²) in [7, 11) is 1.59. The van der Waals surface area contributed by atoms with Crippen molar-refractivity contribution in [3.05, 3.63) is 48.0 Å². The van der Waals surface area contributed by atoms with Crippen LogP contribution in [0.25, 0.3) is 0 Å². The van der Waals surface area contributed by atoms with E-state index in [2.05, 4.69) is 6.92 Å². The minimum absolute atomic E-state index is 0.513. The van der Waals surface area contributed by atoms with Gasteiger partial charge in [-0.2, -0.15) is 0 Å². The van der Waals surface area contributed by atoms with E-state index in [0.29, 0.717) is 17.2 Å². The number of ether oxygens (including phenoxy) is 2. The lowest BCUT2D eigenvalue weighted by molar-refractivity contribution is 0.412. The number of benzene rings is 2. The Bertz CT molecular complexity index is 521. The molecule has 0 unspecified atom stereocenters. The molecule has 3 heteroatoms. The van der Waals surface area contributed by atoms with E-state index in [9.17, 15) is 0 Å². The van der Waals surface area contributed by atoms with Crippen molar-refractivity contribution in [3.63, 3.8) is 0 Å². The van der Waals surface area contributed by atoms with Gasteiger partial charge in [0, 0.05) is 0 Å². The minimum atomic E-state index is 0.513. The number of para-hydroxylation sites is 1. The average Bonchev–Trinajstić information content (AvgIpc) is 2.42. The summed E-state index contributed by atoms with van der Waals surface area (Å²) in [5.41, 5.74) is 7.74. The van der Waals surface area contributed by atoms with Crippen LogP contribution in [0.4, 0.5) is 5.69 Å². The Morgan fingerprint density at radius 3 is 2.28 bits per heavy atom. The van der Waals surface area contributed by atoms with Crippen LogP contribution in [0.5, 0.6) is 17.2 Å². The summed E-state index contributed by atoms with van der Waals surface area (Å²) in [4.78, 5) is 0. The SMILES string of the molecule is CCc1ccc(Oc2cccc(OC)c2N)cc1. The van der Waals surface area contributed by atoms with Gasteiger partial charge in [-0.1, -0.05) is 25.1 Å². The highest BCUT2D eigenvalue weighted by Gasteiger charge is 2.07. The van der Waals surface area contributed by atoms with Crippen molar-refractivity contribution in [2.45, 2.75) is 13.3 Å². The molecule has 0 amide bonds. The number of anilines is 1. The van der Waals surface area contributed by atoms with E-state index in [1.165, 1.54) is 5.56 Å². The van der Waals surface area contributed by atoms with Crippen LogP contribution in [0.2, 0.25) is 0 Å². The van der Waals surface area contributed by atoms with Crippen molar-refractivity contribution in [1.82, 2.24) is 0 Å². The summed E-state index contributed by atoms with van der Waals surface area (Å²) < 4.78 is 10.9. The fraction of sp³-hybridized carbons (Fsp3) is 0.200. The number of hydrogen-bond acceptors (Lipinski definition) is 3. The third kappa shape index (κ3) is 2.56. The van der Waals surface area contributed by atoms with E-state index in [-0.39, 0.29) is 0 Å². The largest absolute Gasteiger partial charge is 0.494 e. The maximum absolute atomic E-state index is 5.95. The van der Waals surface area contributed by atoms with Crippen LogP contribution in [0.3, 0.4) is 0 Å². The van der Waals surface area contributed by atoms with Gasteiger partial charge in [-0.3, -0.25) is 0 Å². The van der Waals surface area contributed by atoms with Crippen molar-refractivity contribution >= 4 is 5.69 Å². The molecular weight excluding hydrogens is 226 g/mol. The zero-order valence-electron chi connectivity index (χ0n) is 10.6. The molecule has 0 saturated carbocycles. The van der Waals surface area contributed by atoms with Gasteiger partial charge in [0.25, 0.3) is 0 Å². The molecule has 0 aromatic heterocycles. The summed E-state index contributed by atoms with van der Waals surface area (Å²) in [6.07, 6.45) is 1.02. The first-order chi connectivity index (χ1) is 8.74. The van der Waals surface area contributed by atoms with Crippen LogP contribution in [0.15, 0.2) is 42.5 Å². The highest BCUT2D eigenvalue weighted by molar-refractivity contribution is 5.63. The number of rotatable bonds is 4. The Morgan fingerprint density at radius 1 is 1.00 bits per heavy atom. The Labute approximate surface area is 107 Å². The monoisotopic (exact) mass is 243 g/mol. The molecule has 2 rings (SSSR count). The number of nitrogen functional groups attached to an aromatic ring is 1. The molecule has 0 spiro atoms. The first kappa shape index (κ1) is 12.3. The lowest BCUT2D eigenvalue weighted by Crippen LogP contribution is -1.96. The van der Waals surface area contributed by atoms with Gasteiger partial charge in [0.05, 0.1) is 7.11 Å². The normalized spacial score (nSPS) is 10.1. The van der Waals surface area contributed by atoms with Crippen LogP contribution in [-0.2, 0) is 6.42 Å². The maximum Gasteiger partial charge on any atom is 0.154 e. The smallest absolute Gasteiger partial charge is 0.154 e. The molecule has 0 aliphatic carbocycles. The first-order valence-corrected chi connectivity index (χ1v) is 5.94. The van der Waals surface area contributed by atoms with Gasteiger partial charge < -0.3 is 15.2 Å². The quantitative estimate of drug-likeness (QED) is 0.834. The van der Waals surface area contributed by atoms with Gasteiger partial charge >= 0.3 is 0 Å². The van der Waals surface area contributed by atoms with Gasteiger partial charge in [0.2, 0.25) is 0 Å². The van der Waals surface area contributed by atoms with E-state index in [4.69, 9.17) is 15.2 Å². The fourth-order valence-corrected chi connectivity index (χ4v) is 1.71. The number of hydrogen-bond donors (Lipinski definition) is 1. The molecule has 0 aliphatic heterocycles. The summed E-state index contributed by atoms with van der Waals surface area (Å²) in [5.74, 6) is 2.00. The topological polar surface area (TPSA) is 44.5 Å². The zero-order chi connectivity index (χ0) is 13.0. The summed E-state index contributed by atoms with van der Waals surface area (Å²) in [5, 5.41) is 0. The molecule has 18 heavy (non-hydrogen) atoms. The van der Waals surface area contributed by atoms with Crippen molar-refractivity contribution in [2.75, 3.05) is 12.8 Å². The van der Waals surface area contributed by atoms with Crippen LogP contribution < -0.4 is 15.2 Å². The number of nitrogens with two attached hydrogens (primary N) is 1. The molecule has 0 atom stereocenters. The molecule has 2 aromatic rings. The van der Waals surface area contributed by atoms with Gasteiger partial charge in [-0.05, 0) is 36.2 Å². The van der Waals surface area contributed by atoms with Crippen molar-refractivity contribution in [2.24, 2.45) is 0 Å². The Hall–Kier alpha value is -2.16. The molecule has 0 heterocycles. The standard InChI is InChI=1S/C15H17NO2/c1-3-11-7-9-12(10-8-11)18-14-6-4-5-13(17-2)15(14)16/h4-10H,3,16H2,1-2H3. The van der Waals surface area contributed by atoms with Gasteiger partial charge in [0.1, 0.15) is 17.2 Å². The Balaban J connectivity index is 2.22. The minimum Gasteiger partial charge on any atom is -0.494 e. The van der Waals surface area contributed by atoms with Crippen molar-refractivity contribution in [1.29, 1.82) is 0 Å². The molecule has 2 aromatic carbocycles. The second-order valence-corrected chi connectivity index (χ2v) is 3.97. The third-order valence-electron chi connectivity index (χ3n) is 2.81. The van der Waals surface area contributed by atoms with Crippen LogP contribution in [0, 0.1) is 0 Å². The number of aryl methyl sites for hydroxylation is 1. The van der Waals surface area contributed by atoms with E-state index < -0.39 is 0 Å². The predicted molar refractivity (Wildman–Crippen MR) is 73.3 cm³/mol. The van der Waals surface area contributed by atoms with Crippen LogP contribution in [0.1, 0.15) is 12.5 Å². The van der Waals surface area contributed by atoms with Crippen molar-refractivity contribution in [3.8, 4) is 17.2 Å². The maximum atomic E-state index is 5.95. The third-order valence-corrected chi connectivity index (χ3v) is 2.81. The molecule has 0 bridgehead atoms. The summed E-state index contributed by atoms with van der Waals surface area (Å²) in [6.45, 7) is 2.12. The molecule has 2 N–H and O–H groups in total. The zero-order valence-corrected chi connectivity index (χ0v) is 10.6. The fourth-order valence-electron chi connectivity index (χ4n) is 1.71. The Kier molecular flexibility index (Phi) is 3.72. The van der Waals surface area contributed by atoms with Gasteiger partial charge in [-0.25, -0.2) is 0 Å². The molecule has 0 aliphatic rings. The molecule has 3 nitrogen and oxygen atoms in total. The molecule has 0 saturated heterocycles. The first-order valence-electron chi connectivity index (χ1n) is 5.94. The van der Waals surface area contributed by atoms with E-state index >= 15 is 0 Å². The lowest BCUT2D eigenvalue weighted by Gasteiger charge is -2.11. The molecule has 0 radical (unpaired) electrons. The second kappa shape index (κ2) is 5.45. The van der Waals surface area contributed by atoms with Crippen LogP contribution in [-0.4, -0.2) is 7.11 Å². The summed E-state index contributed by atoms with van der Waals surface area (Å²) >= 11 is 0. The van der Waals surface area contributed by atoms with Gasteiger partial charge in [0.15, 0.2) is 5.75 Å². The van der Waals surface area contributed by atoms with E-state index in [0.717, 1.165) is 12.2 Å². The van der Waals surface area contributed by atoms with Crippen molar-refractivity contribution < 1.29 is 9.47 Å². The second-order valence-electron chi connectivity index (χ2n) is 3.97. The van der Waals surface area contributed by atoms with E-state index in [1.54, 1.807) is 7.11 Å². The summed E-state index contributed by atoms with van der Waals surface area (Å²) in [6, 6.07) is 13.5. The highest BCUT2D eigenvalue weighted by atomic mass is 16.5. The average molecular weight is 243 g/mol.